The molecule has 1 N–H and O–H groups in total. The molecule has 40 heavy (non-hydrogen) atoms. The molecule has 0 amide bonds. The van der Waals surface area contributed by atoms with Crippen LogP contribution in [0.1, 0.15) is 55.0 Å². The molecule has 2 aromatic carbocycles. The lowest BCUT2D eigenvalue weighted by Crippen LogP contribution is -2.41. The Hall–Kier alpha value is -3.71. The molecule has 0 radical (unpaired) electrons. The minimum atomic E-state index is -1.54. The van der Waals surface area contributed by atoms with E-state index in [4.69, 9.17) is 4.74 Å². The smallest absolute Gasteiger partial charge is 0.303 e. The number of pyridine rings is 1. The lowest BCUT2D eigenvalue weighted by atomic mass is 9.71. The molecule has 0 spiro atoms. The summed E-state index contributed by atoms with van der Waals surface area (Å²) in [5.74, 6) is 1.40. The molecule has 1 aliphatic rings. The largest absolute Gasteiger partial charge is 0.497 e. The molecule has 1 atom stereocenters. The fraction of sp³-hybridized carbons (Fsp3) is 0.400. The molecule has 5 nitrogen and oxygen atoms in total. The van der Waals surface area contributed by atoms with Crippen LogP contribution in [-0.4, -0.2) is 47.7 Å². The molecule has 0 saturated carbocycles. The monoisotopic (exact) mass is 560 g/mol. The highest BCUT2D eigenvalue weighted by Gasteiger charge is 2.37. The van der Waals surface area contributed by atoms with Crippen molar-refractivity contribution < 1.29 is 36.6 Å². The fourth-order valence-electron chi connectivity index (χ4n) is 5.34. The van der Waals surface area contributed by atoms with Gasteiger partial charge in [0.1, 0.15) is 36.0 Å². The zero-order chi connectivity index (χ0) is 28.9. The summed E-state index contributed by atoms with van der Waals surface area (Å²) in [6.07, 6.45) is 0.810. The molecule has 10 heteroatoms. The van der Waals surface area contributed by atoms with Crippen LogP contribution in [0.25, 0.3) is 10.9 Å². The van der Waals surface area contributed by atoms with Gasteiger partial charge in [-0.2, -0.15) is 0 Å². The molecule has 3 aromatic rings. The predicted octanol–water partition coefficient (Wildman–Crippen LogP) is 6.53. The number of carboxylic acid groups (broad SMARTS) is 1. The number of rotatable bonds is 9. The minimum Gasteiger partial charge on any atom is -0.497 e. The summed E-state index contributed by atoms with van der Waals surface area (Å²) in [5, 5.41) is 10.1. The number of carboxylic acids is 1. The third-order valence-electron chi connectivity index (χ3n) is 7.55. The minimum absolute atomic E-state index is 0.000467. The second-order valence-electron chi connectivity index (χ2n) is 10.1. The number of carbonyl (C=O) groups is 1. The Bertz CT molecular complexity index is 1420. The van der Waals surface area contributed by atoms with Crippen molar-refractivity contribution in [2.24, 2.45) is 5.41 Å². The van der Waals surface area contributed by atoms with E-state index in [0.717, 1.165) is 0 Å². The van der Waals surface area contributed by atoms with Crippen molar-refractivity contribution in [2.45, 2.75) is 45.0 Å². The van der Waals surface area contributed by atoms with Crippen LogP contribution < -0.4 is 4.74 Å². The molecule has 1 aromatic heterocycles. The van der Waals surface area contributed by atoms with E-state index in [1.807, 2.05) is 4.90 Å². The predicted molar refractivity (Wildman–Crippen MR) is 140 cm³/mol. The van der Waals surface area contributed by atoms with Crippen molar-refractivity contribution in [2.75, 3.05) is 26.7 Å². The van der Waals surface area contributed by atoms with Crippen LogP contribution in [0.3, 0.4) is 0 Å². The number of halogens is 5. The molecule has 0 aliphatic carbocycles. The maximum Gasteiger partial charge on any atom is 0.303 e. The lowest BCUT2D eigenvalue weighted by molar-refractivity contribution is -0.141. The van der Waals surface area contributed by atoms with Crippen LogP contribution in [0, 0.1) is 34.7 Å². The molecule has 1 fully saturated rings. The number of hydrogen-bond donors (Lipinski definition) is 1. The van der Waals surface area contributed by atoms with Gasteiger partial charge in [0.25, 0.3) is 0 Å². The lowest BCUT2D eigenvalue weighted by Gasteiger charge is -2.41. The Labute approximate surface area is 229 Å². The van der Waals surface area contributed by atoms with Gasteiger partial charge >= 0.3 is 5.97 Å². The van der Waals surface area contributed by atoms with Crippen molar-refractivity contribution in [3.05, 3.63) is 70.7 Å². The van der Waals surface area contributed by atoms with E-state index in [0.29, 0.717) is 54.7 Å². The van der Waals surface area contributed by atoms with Crippen molar-refractivity contribution in [1.29, 1.82) is 0 Å². The summed E-state index contributed by atoms with van der Waals surface area (Å²) >= 11 is 0. The van der Waals surface area contributed by atoms with E-state index in [1.165, 1.54) is 13.3 Å². The fourth-order valence-corrected chi connectivity index (χ4v) is 5.34. The van der Waals surface area contributed by atoms with Crippen LogP contribution in [-0.2, 0) is 11.5 Å². The third kappa shape index (κ3) is 6.70. The highest BCUT2D eigenvalue weighted by molar-refractivity contribution is 5.85. The Morgan fingerprint density at radius 3 is 2.50 bits per heavy atom. The highest BCUT2D eigenvalue weighted by atomic mass is 19.2. The number of ether oxygens (including phenoxy) is 1. The summed E-state index contributed by atoms with van der Waals surface area (Å²) in [6.45, 7) is 0.199. The second-order valence-corrected chi connectivity index (χ2v) is 10.1. The Morgan fingerprint density at radius 2 is 1.88 bits per heavy atom. The van der Waals surface area contributed by atoms with E-state index in [1.54, 1.807) is 18.2 Å². The third-order valence-corrected chi connectivity index (χ3v) is 7.55. The second kappa shape index (κ2) is 12.6. The molecule has 212 valence electrons. The normalized spacial score (nSPS) is 15.8. The molecule has 0 bridgehead atoms. The van der Waals surface area contributed by atoms with E-state index >= 15 is 4.39 Å². The molecular weight excluding hydrogens is 531 g/mol. The molecular formula is C30H29F5N2O3. The first kappa shape index (κ1) is 29.3. The van der Waals surface area contributed by atoms with E-state index in [9.17, 15) is 27.5 Å². The van der Waals surface area contributed by atoms with Crippen molar-refractivity contribution >= 4 is 16.9 Å². The average molecular weight is 561 g/mol. The van der Waals surface area contributed by atoms with E-state index in [2.05, 4.69) is 16.8 Å². The maximum atomic E-state index is 15.8. The number of aliphatic carboxylic acids is 1. The molecule has 0 unspecified atom stereocenters. The van der Waals surface area contributed by atoms with Gasteiger partial charge in [0.15, 0.2) is 0 Å². The zero-order valence-corrected chi connectivity index (χ0v) is 22.0. The van der Waals surface area contributed by atoms with Crippen molar-refractivity contribution in [3.63, 3.8) is 0 Å². The van der Waals surface area contributed by atoms with E-state index in [-0.39, 0.29) is 36.9 Å². The number of alkyl halides is 2. The SMILES string of the molecule is COc1ccc2ncc(CF)c([C@@H](F)CCC3(CC(=O)O)CCN(CC#Cc4c(F)cc(F)cc4F)CC3)c2c1. The summed E-state index contributed by atoms with van der Waals surface area (Å²) in [7, 11) is 1.48. The van der Waals surface area contributed by atoms with E-state index < -0.39 is 47.2 Å². The molecule has 4 rings (SSSR count). The van der Waals surface area contributed by atoms with Gasteiger partial charge in [-0.15, -0.1) is 0 Å². The number of benzene rings is 2. The van der Waals surface area contributed by atoms with Gasteiger partial charge in [-0.1, -0.05) is 11.8 Å². The van der Waals surface area contributed by atoms with Crippen LogP contribution in [0.15, 0.2) is 36.5 Å². The quantitative estimate of drug-likeness (QED) is 0.238. The van der Waals surface area contributed by atoms with Crippen LogP contribution in [0.4, 0.5) is 22.0 Å². The summed E-state index contributed by atoms with van der Waals surface area (Å²) in [5.41, 5.74) is -0.342. The van der Waals surface area contributed by atoms with Crippen LogP contribution >= 0.6 is 0 Å². The van der Waals surface area contributed by atoms with Gasteiger partial charge in [-0.25, -0.2) is 22.0 Å². The molecule has 1 aliphatic heterocycles. The summed E-state index contributed by atoms with van der Waals surface area (Å²) in [4.78, 5) is 17.9. The number of hydrogen-bond acceptors (Lipinski definition) is 4. The Balaban J connectivity index is 1.46. The first-order chi connectivity index (χ1) is 19.1. The van der Waals surface area contributed by atoms with Crippen molar-refractivity contribution in [3.8, 4) is 17.6 Å². The number of likely N-dealkylation sites (tertiary alicyclic amines) is 1. The first-order valence-electron chi connectivity index (χ1n) is 12.9. The maximum absolute atomic E-state index is 15.8. The molecule has 1 saturated heterocycles. The van der Waals surface area contributed by atoms with Gasteiger partial charge in [0.2, 0.25) is 0 Å². The van der Waals surface area contributed by atoms with Crippen molar-refractivity contribution in [1.82, 2.24) is 9.88 Å². The van der Waals surface area contributed by atoms with Gasteiger partial charge in [-0.05, 0) is 62.4 Å². The topological polar surface area (TPSA) is 62.7 Å². The summed E-state index contributed by atoms with van der Waals surface area (Å²) < 4.78 is 75.7. The van der Waals surface area contributed by atoms with Crippen LogP contribution in [0.5, 0.6) is 5.75 Å². The molecule has 2 heterocycles. The highest BCUT2D eigenvalue weighted by Crippen LogP contribution is 2.43. The average Bonchev–Trinajstić information content (AvgIpc) is 2.92. The van der Waals surface area contributed by atoms with Gasteiger partial charge < -0.3 is 9.84 Å². The zero-order valence-electron chi connectivity index (χ0n) is 22.0. The number of aromatic nitrogens is 1. The number of nitrogens with zero attached hydrogens (tertiary/aromatic N) is 2. The van der Waals surface area contributed by atoms with Gasteiger partial charge in [0.05, 0.1) is 31.2 Å². The van der Waals surface area contributed by atoms with Gasteiger partial charge in [0, 0.05) is 34.8 Å². The Morgan fingerprint density at radius 1 is 1.18 bits per heavy atom. The number of piperidine rings is 1. The first-order valence-corrected chi connectivity index (χ1v) is 12.9. The Kier molecular flexibility index (Phi) is 9.25. The van der Waals surface area contributed by atoms with Crippen LogP contribution in [0.2, 0.25) is 0 Å². The number of methoxy groups -OCH3 is 1. The summed E-state index contributed by atoms with van der Waals surface area (Å²) in [6, 6.07) is 6.12. The standard InChI is InChI=1S/C30H29F5N2O3/c1-40-21-4-5-27-23(15-21)29(19(17-31)18-36-27)24(33)6-7-30(16-28(38)39)8-11-37(12-9-30)10-2-3-22-25(34)13-20(32)14-26(22)35/h4-5,13-15,18,24H,6-12,16-17H2,1H3,(H,38,39)/t24-/m0/s1. The number of fused-ring (bicyclic) bond motifs is 1. The van der Waals surface area contributed by atoms with Gasteiger partial charge in [-0.3, -0.25) is 14.7 Å².